The molecule has 80 valence electrons. The molecule has 0 radical (unpaired) electrons. The zero-order valence-electron chi connectivity index (χ0n) is 8.42. The zero-order chi connectivity index (χ0) is 10.4. The van der Waals surface area contributed by atoms with Gasteiger partial charge >= 0.3 is 0 Å². The van der Waals surface area contributed by atoms with E-state index in [1.54, 1.807) is 0 Å². The highest BCUT2D eigenvalue weighted by atomic mass is 35.5. The Hall–Kier alpha value is -0.400. The second-order valence-corrected chi connectivity index (χ2v) is 5.21. The van der Waals surface area contributed by atoms with E-state index in [0.717, 1.165) is 22.4 Å². The summed E-state index contributed by atoms with van der Waals surface area (Å²) in [6.45, 7) is 2.38. The van der Waals surface area contributed by atoms with Gasteiger partial charge in [-0.25, -0.2) is 0 Å². The molecule has 0 aromatic heterocycles. The molecule has 1 aliphatic carbocycles. The summed E-state index contributed by atoms with van der Waals surface area (Å²) in [6.07, 6.45) is 1.42. The van der Waals surface area contributed by atoms with Crippen molar-refractivity contribution in [2.24, 2.45) is 11.8 Å². The Morgan fingerprint density at radius 3 is 2.67 bits per heavy atom. The Morgan fingerprint density at radius 2 is 2.00 bits per heavy atom. The molecule has 0 bridgehead atoms. The molecular formula is C12H13Cl2N. The molecule has 15 heavy (non-hydrogen) atoms. The van der Waals surface area contributed by atoms with E-state index in [9.17, 15) is 0 Å². The number of halogens is 2. The molecule has 2 atom stereocenters. The minimum Gasteiger partial charge on any atom is -0.371 e. The number of hydrogen-bond donors (Lipinski definition) is 0. The van der Waals surface area contributed by atoms with Crippen molar-refractivity contribution in [2.45, 2.75) is 12.3 Å². The third-order valence-electron chi connectivity index (χ3n) is 3.55. The smallest absolute Gasteiger partial charge is 0.0509 e. The maximum atomic E-state index is 6.14. The number of benzene rings is 1. The number of anilines is 1. The third-order valence-corrected chi connectivity index (χ3v) is 4.17. The summed E-state index contributed by atoms with van der Waals surface area (Å²) in [5, 5.41) is 0.795. The number of hydrogen-bond acceptors (Lipinski definition) is 1. The van der Waals surface area contributed by atoms with Gasteiger partial charge in [-0.3, -0.25) is 0 Å². The fourth-order valence-electron chi connectivity index (χ4n) is 2.57. The summed E-state index contributed by atoms with van der Waals surface area (Å²) in [4.78, 5) is 2.43. The molecule has 3 rings (SSSR count). The van der Waals surface area contributed by atoms with Gasteiger partial charge in [0.2, 0.25) is 0 Å². The highest BCUT2D eigenvalue weighted by Gasteiger charge is 2.45. The average molecular weight is 242 g/mol. The number of fused-ring (bicyclic) bond motifs is 1. The van der Waals surface area contributed by atoms with Crippen molar-refractivity contribution in [3.05, 3.63) is 28.8 Å². The first kappa shape index (κ1) is 9.80. The maximum absolute atomic E-state index is 6.14. The molecule has 0 spiro atoms. The van der Waals surface area contributed by atoms with E-state index in [0.29, 0.717) is 5.88 Å². The minimum atomic E-state index is 0.501. The molecular weight excluding hydrogens is 229 g/mol. The van der Waals surface area contributed by atoms with Crippen molar-refractivity contribution < 1.29 is 0 Å². The fourth-order valence-corrected chi connectivity index (χ4v) is 3.16. The number of rotatable bonds is 2. The van der Waals surface area contributed by atoms with Gasteiger partial charge in [0.15, 0.2) is 0 Å². The molecule has 2 aliphatic rings. The molecule has 1 saturated carbocycles. The summed E-state index contributed by atoms with van der Waals surface area (Å²) in [5.74, 6) is 2.38. The second kappa shape index (κ2) is 3.57. The summed E-state index contributed by atoms with van der Waals surface area (Å²) < 4.78 is 0. The van der Waals surface area contributed by atoms with Gasteiger partial charge in [-0.15, -0.1) is 11.6 Å². The molecule has 1 saturated heterocycles. The second-order valence-electron chi connectivity index (χ2n) is 4.53. The van der Waals surface area contributed by atoms with Crippen LogP contribution in [0.3, 0.4) is 0 Å². The van der Waals surface area contributed by atoms with Gasteiger partial charge in [0.1, 0.15) is 0 Å². The quantitative estimate of drug-likeness (QED) is 0.717. The first-order chi connectivity index (χ1) is 7.29. The van der Waals surface area contributed by atoms with E-state index in [1.807, 2.05) is 12.1 Å². The normalized spacial score (nSPS) is 28.0. The molecule has 3 heteroatoms. The molecule has 1 aromatic carbocycles. The highest BCUT2D eigenvalue weighted by Crippen LogP contribution is 2.47. The van der Waals surface area contributed by atoms with Gasteiger partial charge in [-0.1, -0.05) is 17.7 Å². The van der Waals surface area contributed by atoms with E-state index in [2.05, 4.69) is 11.0 Å². The van der Waals surface area contributed by atoms with Gasteiger partial charge in [0.25, 0.3) is 0 Å². The summed E-state index contributed by atoms with van der Waals surface area (Å²) >= 11 is 12.1. The lowest BCUT2D eigenvalue weighted by Crippen LogP contribution is -2.22. The van der Waals surface area contributed by atoms with E-state index < -0.39 is 0 Å². The van der Waals surface area contributed by atoms with Gasteiger partial charge in [-0.05, 0) is 30.4 Å². The largest absolute Gasteiger partial charge is 0.371 e. The SMILES string of the molecule is ClCc1c(Cl)cccc1N1CC2CC2C1. The van der Waals surface area contributed by atoms with Gasteiger partial charge < -0.3 is 4.90 Å². The Bertz CT molecular complexity index is 381. The average Bonchev–Trinajstić information content (AvgIpc) is 2.85. The third kappa shape index (κ3) is 1.62. The zero-order valence-corrected chi connectivity index (χ0v) is 9.93. The summed E-state index contributed by atoms with van der Waals surface area (Å²) in [5.41, 5.74) is 2.33. The van der Waals surface area contributed by atoms with Gasteiger partial charge in [0.05, 0.1) is 5.88 Å². The van der Waals surface area contributed by atoms with Crippen LogP contribution in [0.2, 0.25) is 5.02 Å². The monoisotopic (exact) mass is 241 g/mol. The molecule has 1 heterocycles. The van der Waals surface area contributed by atoms with Crippen LogP contribution >= 0.6 is 23.2 Å². The Kier molecular flexibility index (Phi) is 2.33. The number of piperidine rings is 1. The molecule has 1 nitrogen and oxygen atoms in total. The lowest BCUT2D eigenvalue weighted by atomic mass is 10.2. The Labute approximate surface area is 100.0 Å². The molecule has 0 N–H and O–H groups in total. The van der Waals surface area contributed by atoms with Crippen LogP contribution in [0.15, 0.2) is 18.2 Å². The van der Waals surface area contributed by atoms with E-state index in [1.165, 1.54) is 25.2 Å². The van der Waals surface area contributed by atoms with E-state index in [-0.39, 0.29) is 0 Å². The predicted molar refractivity (Wildman–Crippen MR) is 64.8 cm³/mol. The van der Waals surface area contributed by atoms with Crippen LogP contribution in [0.5, 0.6) is 0 Å². The van der Waals surface area contributed by atoms with E-state index >= 15 is 0 Å². The lowest BCUT2D eigenvalue weighted by molar-refractivity contribution is 0.816. The van der Waals surface area contributed by atoms with Crippen LogP contribution in [0.25, 0.3) is 0 Å². The van der Waals surface area contributed by atoms with Gasteiger partial charge in [-0.2, -0.15) is 0 Å². The van der Waals surface area contributed by atoms with Crippen molar-refractivity contribution in [3.63, 3.8) is 0 Å². The fraction of sp³-hybridized carbons (Fsp3) is 0.500. The van der Waals surface area contributed by atoms with Crippen LogP contribution in [0.1, 0.15) is 12.0 Å². The molecule has 2 unspecified atom stereocenters. The van der Waals surface area contributed by atoms with Crippen molar-refractivity contribution in [3.8, 4) is 0 Å². The molecule has 1 aromatic rings. The van der Waals surface area contributed by atoms with Crippen LogP contribution in [0, 0.1) is 11.8 Å². The van der Waals surface area contributed by atoms with E-state index in [4.69, 9.17) is 23.2 Å². The number of nitrogens with zero attached hydrogens (tertiary/aromatic N) is 1. The Morgan fingerprint density at radius 1 is 1.27 bits per heavy atom. The predicted octanol–water partition coefficient (Wildman–Crippen LogP) is 3.53. The topological polar surface area (TPSA) is 3.24 Å². The van der Waals surface area contributed by atoms with Crippen LogP contribution in [0.4, 0.5) is 5.69 Å². The molecule has 1 aliphatic heterocycles. The number of alkyl halides is 1. The van der Waals surface area contributed by atoms with Crippen LogP contribution in [-0.4, -0.2) is 13.1 Å². The minimum absolute atomic E-state index is 0.501. The molecule has 0 amide bonds. The first-order valence-corrected chi connectivity index (χ1v) is 6.29. The van der Waals surface area contributed by atoms with Crippen LogP contribution < -0.4 is 4.90 Å². The van der Waals surface area contributed by atoms with Crippen LogP contribution in [-0.2, 0) is 5.88 Å². The van der Waals surface area contributed by atoms with Crippen molar-refractivity contribution in [2.75, 3.05) is 18.0 Å². The van der Waals surface area contributed by atoms with Crippen molar-refractivity contribution in [1.29, 1.82) is 0 Å². The van der Waals surface area contributed by atoms with Crippen molar-refractivity contribution >= 4 is 28.9 Å². The van der Waals surface area contributed by atoms with Crippen molar-refractivity contribution in [1.82, 2.24) is 0 Å². The first-order valence-electron chi connectivity index (χ1n) is 5.38. The standard InChI is InChI=1S/C12H13Cl2N/c13-5-10-11(14)2-1-3-12(10)15-6-8-4-9(8)7-15/h1-3,8-9H,4-7H2. The highest BCUT2D eigenvalue weighted by molar-refractivity contribution is 6.32. The Balaban J connectivity index is 1.93. The summed E-state index contributed by atoms with van der Waals surface area (Å²) in [6, 6.07) is 6.06. The van der Waals surface area contributed by atoms with Gasteiger partial charge in [0, 0.05) is 29.4 Å². The lowest BCUT2D eigenvalue weighted by Gasteiger charge is -2.23. The molecule has 2 fully saturated rings. The maximum Gasteiger partial charge on any atom is 0.0509 e. The summed E-state index contributed by atoms with van der Waals surface area (Å²) in [7, 11) is 0.